The van der Waals surface area contributed by atoms with Crippen LogP contribution in [0.4, 0.5) is 0 Å². The molecule has 0 saturated heterocycles. The average molecular weight is 288 g/mol. The third-order valence-corrected chi connectivity index (χ3v) is 4.56. The van der Waals surface area contributed by atoms with Crippen LogP contribution < -0.4 is 5.32 Å². The summed E-state index contributed by atoms with van der Waals surface area (Å²) >= 11 is 0. The summed E-state index contributed by atoms with van der Waals surface area (Å²) in [7, 11) is 0. The Bertz CT molecular complexity index is 621. The first-order valence-electron chi connectivity index (χ1n) is 7.75. The first-order chi connectivity index (χ1) is 9.70. The van der Waals surface area contributed by atoms with E-state index in [-0.39, 0.29) is 6.04 Å². The van der Waals surface area contributed by atoms with Crippen molar-refractivity contribution in [3.63, 3.8) is 0 Å². The fraction of sp³-hybridized carbons (Fsp3) is 0.647. The van der Waals surface area contributed by atoms with Gasteiger partial charge in [-0.2, -0.15) is 5.10 Å². The smallest absolute Gasteiger partial charge is 0.155 e. The highest BCUT2D eigenvalue weighted by Gasteiger charge is 2.21. The number of nitrogens with zero attached hydrogens (tertiary/aromatic N) is 3. The van der Waals surface area contributed by atoms with Gasteiger partial charge in [0, 0.05) is 29.6 Å². The van der Waals surface area contributed by atoms with Gasteiger partial charge in [-0.15, -0.1) is 0 Å². The van der Waals surface area contributed by atoms with E-state index >= 15 is 0 Å². The van der Waals surface area contributed by atoms with Crippen molar-refractivity contribution in [2.45, 2.75) is 54.5 Å². The molecule has 0 aliphatic carbocycles. The van der Waals surface area contributed by atoms with E-state index < -0.39 is 0 Å². The van der Waals surface area contributed by atoms with Gasteiger partial charge in [-0.1, -0.05) is 27.7 Å². The summed E-state index contributed by atoms with van der Waals surface area (Å²) in [4.78, 5) is 4.52. The highest BCUT2D eigenvalue weighted by molar-refractivity contribution is 5.42. The van der Waals surface area contributed by atoms with Crippen molar-refractivity contribution in [1.82, 2.24) is 19.9 Å². The Labute approximate surface area is 128 Å². The first-order valence-corrected chi connectivity index (χ1v) is 7.75. The van der Waals surface area contributed by atoms with E-state index in [1.807, 2.05) is 23.7 Å². The molecular formula is C17H28N4. The molecule has 0 saturated carbocycles. The Kier molecular flexibility index (Phi) is 4.38. The highest BCUT2D eigenvalue weighted by atomic mass is 15.3. The number of aryl methyl sites for hydroxylation is 2. The molecule has 0 aliphatic rings. The van der Waals surface area contributed by atoms with Crippen LogP contribution in [0.2, 0.25) is 0 Å². The molecule has 0 aliphatic heterocycles. The van der Waals surface area contributed by atoms with Gasteiger partial charge in [-0.25, -0.2) is 9.50 Å². The Morgan fingerprint density at radius 1 is 1.24 bits per heavy atom. The van der Waals surface area contributed by atoms with Crippen LogP contribution in [-0.4, -0.2) is 21.1 Å². The minimum absolute atomic E-state index is 0.274. The van der Waals surface area contributed by atoms with Crippen molar-refractivity contribution >= 4 is 5.65 Å². The molecule has 0 amide bonds. The minimum Gasteiger partial charge on any atom is -0.310 e. The molecule has 2 unspecified atom stereocenters. The lowest BCUT2D eigenvalue weighted by Crippen LogP contribution is -2.31. The number of nitrogens with one attached hydrogen (secondary N) is 1. The molecule has 0 aromatic carbocycles. The summed E-state index contributed by atoms with van der Waals surface area (Å²) in [5, 5.41) is 8.15. The zero-order chi connectivity index (χ0) is 15.8. The second-order valence-corrected chi connectivity index (χ2v) is 7.25. The molecule has 2 aromatic rings. The second-order valence-electron chi connectivity index (χ2n) is 7.25. The molecule has 4 heteroatoms. The highest BCUT2D eigenvalue weighted by Crippen LogP contribution is 2.25. The predicted octanol–water partition coefficient (Wildman–Crippen LogP) is 3.68. The fourth-order valence-electron chi connectivity index (χ4n) is 2.37. The first kappa shape index (κ1) is 16.0. The average Bonchev–Trinajstić information content (AvgIpc) is 2.76. The van der Waals surface area contributed by atoms with Gasteiger partial charge in [-0.3, -0.25) is 0 Å². The molecule has 21 heavy (non-hydrogen) atoms. The predicted molar refractivity (Wildman–Crippen MR) is 87.5 cm³/mol. The van der Waals surface area contributed by atoms with Gasteiger partial charge >= 0.3 is 0 Å². The maximum atomic E-state index is 4.52. The van der Waals surface area contributed by atoms with Crippen LogP contribution in [0.1, 0.15) is 57.6 Å². The van der Waals surface area contributed by atoms with Crippen LogP contribution in [-0.2, 0) is 0 Å². The van der Waals surface area contributed by atoms with Crippen molar-refractivity contribution in [3.8, 4) is 0 Å². The maximum Gasteiger partial charge on any atom is 0.155 e. The lowest BCUT2D eigenvalue weighted by Gasteiger charge is -2.29. The molecule has 0 bridgehead atoms. The summed E-state index contributed by atoms with van der Waals surface area (Å²) in [6, 6.07) is 2.28. The second kappa shape index (κ2) is 5.76. The Balaban J connectivity index is 2.16. The zero-order valence-corrected chi connectivity index (χ0v) is 14.4. The fourth-order valence-corrected chi connectivity index (χ4v) is 2.37. The van der Waals surface area contributed by atoms with Crippen LogP contribution in [0.15, 0.2) is 12.3 Å². The van der Waals surface area contributed by atoms with Gasteiger partial charge in [0.25, 0.3) is 0 Å². The van der Waals surface area contributed by atoms with Gasteiger partial charge < -0.3 is 5.32 Å². The van der Waals surface area contributed by atoms with Gasteiger partial charge in [0.05, 0.1) is 5.69 Å². The van der Waals surface area contributed by atoms with E-state index in [0.717, 1.165) is 23.6 Å². The SMILES string of the molecule is Cc1cc2ncc(C(C)NCC(C)C(C)(C)C)c(C)n2n1. The maximum absolute atomic E-state index is 4.52. The molecule has 4 nitrogen and oxygen atoms in total. The number of aromatic nitrogens is 3. The van der Waals surface area contributed by atoms with Crippen molar-refractivity contribution in [2.24, 2.45) is 11.3 Å². The van der Waals surface area contributed by atoms with E-state index in [4.69, 9.17) is 0 Å². The lowest BCUT2D eigenvalue weighted by molar-refractivity contribution is 0.247. The van der Waals surface area contributed by atoms with Gasteiger partial charge in [-0.05, 0) is 38.6 Å². The number of hydrogen-bond acceptors (Lipinski definition) is 3. The summed E-state index contributed by atoms with van der Waals surface area (Å²) < 4.78 is 1.94. The summed E-state index contributed by atoms with van der Waals surface area (Å²) in [6.07, 6.45) is 1.98. The van der Waals surface area contributed by atoms with Crippen LogP contribution in [0.25, 0.3) is 5.65 Å². The van der Waals surface area contributed by atoms with Gasteiger partial charge in [0.15, 0.2) is 5.65 Å². The molecule has 0 fully saturated rings. The lowest BCUT2D eigenvalue weighted by atomic mass is 9.82. The molecule has 0 spiro atoms. The van der Waals surface area contributed by atoms with Crippen LogP contribution >= 0.6 is 0 Å². The number of rotatable bonds is 4. The minimum atomic E-state index is 0.274. The van der Waals surface area contributed by atoms with Crippen LogP contribution in [0.5, 0.6) is 0 Å². The zero-order valence-electron chi connectivity index (χ0n) is 14.4. The summed E-state index contributed by atoms with van der Waals surface area (Å²) in [6.45, 7) is 16.5. The molecule has 2 aromatic heterocycles. The van der Waals surface area contributed by atoms with E-state index in [9.17, 15) is 0 Å². The number of fused-ring (bicyclic) bond motifs is 1. The third kappa shape index (κ3) is 3.43. The Morgan fingerprint density at radius 2 is 1.90 bits per heavy atom. The quantitative estimate of drug-likeness (QED) is 0.933. The molecule has 0 radical (unpaired) electrons. The van der Waals surface area contributed by atoms with E-state index in [1.165, 1.54) is 5.56 Å². The third-order valence-electron chi connectivity index (χ3n) is 4.56. The van der Waals surface area contributed by atoms with Crippen LogP contribution in [0.3, 0.4) is 0 Å². The summed E-state index contributed by atoms with van der Waals surface area (Å²) in [5.74, 6) is 0.615. The van der Waals surface area contributed by atoms with E-state index in [2.05, 4.69) is 56.9 Å². The van der Waals surface area contributed by atoms with E-state index in [1.54, 1.807) is 0 Å². The normalized spacial score (nSPS) is 15.4. The summed E-state index contributed by atoms with van der Waals surface area (Å²) in [5.41, 5.74) is 4.63. The largest absolute Gasteiger partial charge is 0.310 e. The van der Waals surface area contributed by atoms with Crippen LogP contribution in [0, 0.1) is 25.2 Å². The van der Waals surface area contributed by atoms with Gasteiger partial charge in [0.2, 0.25) is 0 Å². The molecule has 116 valence electrons. The van der Waals surface area contributed by atoms with E-state index in [0.29, 0.717) is 11.3 Å². The van der Waals surface area contributed by atoms with Crippen molar-refractivity contribution in [3.05, 3.63) is 29.2 Å². The molecule has 1 N–H and O–H groups in total. The molecule has 2 atom stereocenters. The number of hydrogen-bond donors (Lipinski definition) is 1. The van der Waals surface area contributed by atoms with Crippen molar-refractivity contribution in [2.75, 3.05) is 6.54 Å². The molecule has 2 heterocycles. The standard InChI is InChI=1S/C17H28N4/c1-11(17(5,6)7)9-18-13(3)15-10-19-16-8-12(2)20-21(16)14(15)4/h8,10-11,13,18H,9H2,1-7H3. The van der Waals surface area contributed by atoms with Crippen molar-refractivity contribution in [1.29, 1.82) is 0 Å². The monoisotopic (exact) mass is 288 g/mol. The Hall–Kier alpha value is -1.42. The molecule has 2 rings (SSSR count). The molecular weight excluding hydrogens is 260 g/mol. The van der Waals surface area contributed by atoms with Gasteiger partial charge in [0.1, 0.15) is 0 Å². The van der Waals surface area contributed by atoms with Crippen molar-refractivity contribution < 1.29 is 0 Å². The Morgan fingerprint density at radius 3 is 2.52 bits per heavy atom. The topological polar surface area (TPSA) is 42.2 Å².